The average molecular weight is 453 g/mol. The van der Waals surface area contributed by atoms with Gasteiger partial charge in [0.1, 0.15) is 34.0 Å². The van der Waals surface area contributed by atoms with Crippen LogP contribution in [0.3, 0.4) is 0 Å². The third-order valence-corrected chi connectivity index (χ3v) is 5.12. The van der Waals surface area contributed by atoms with Gasteiger partial charge >= 0.3 is 0 Å². The Morgan fingerprint density at radius 3 is 2.06 bits per heavy atom. The Balaban J connectivity index is 0.000000161. The molecule has 0 aliphatic carbocycles. The number of aryl methyl sites for hydroxylation is 1. The van der Waals surface area contributed by atoms with Crippen LogP contribution in [0.1, 0.15) is 21.5 Å². The number of fused-ring (bicyclic) bond motifs is 1. The first-order valence-corrected chi connectivity index (χ1v) is 10.5. The summed E-state index contributed by atoms with van der Waals surface area (Å²) < 4.78 is 4.96. The molecule has 0 unspecified atom stereocenters. The van der Waals surface area contributed by atoms with Gasteiger partial charge in [-0.1, -0.05) is 48.5 Å². The highest BCUT2D eigenvalue weighted by atomic mass is 16.5. The molecule has 5 rings (SSSR count). The van der Waals surface area contributed by atoms with Crippen LogP contribution in [0, 0.1) is 6.92 Å². The first-order chi connectivity index (χ1) is 16.5. The Morgan fingerprint density at radius 2 is 1.44 bits per heavy atom. The maximum atomic E-state index is 12.1. The van der Waals surface area contributed by atoms with Gasteiger partial charge in [0.2, 0.25) is 0 Å². The summed E-state index contributed by atoms with van der Waals surface area (Å²) in [5.74, 6) is 0.423. The number of nitrogens with zero attached hydrogens (tertiary/aromatic N) is 3. The molecular formula is C27H23N3O4. The fourth-order valence-electron chi connectivity index (χ4n) is 3.34. The number of carbonyl (C=O) groups excluding carboxylic acids is 1. The number of carbonyl (C=O) groups is 1. The SMILES string of the molecule is COc1ccc(C(=O)c2ccccc2)c(O)c1.Cc1ccc(O)c(-n2nc3ccccc3n2)c1. The van der Waals surface area contributed by atoms with Gasteiger partial charge in [0.25, 0.3) is 0 Å². The molecule has 4 aromatic carbocycles. The smallest absolute Gasteiger partial charge is 0.196 e. The second-order valence-electron chi connectivity index (χ2n) is 7.55. The molecule has 0 saturated carbocycles. The van der Waals surface area contributed by atoms with Crippen molar-refractivity contribution in [1.82, 2.24) is 15.0 Å². The zero-order valence-corrected chi connectivity index (χ0v) is 18.7. The van der Waals surface area contributed by atoms with Gasteiger partial charge in [-0.2, -0.15) is 0 Å². The van der Waals surface area contributed by atoms with Crippen LogP contribution in [0.25, 0.3) is 16.7 Å². The molecule has 1 heterocycles. The molecule has 0 bridgehead atoms. The second kappa shape index (κ2) is 9.87. The van der Waals surface area contributed by atoms with Crippen LogP contribution in [-0.2, 0) is 0 Å². The molecule has 170 valence electrons. The molecular weight excluding hydrogens is 430 g/mol. The van der Waals surface area contributed by atoms with Gasteiger partial charge in [0.05, 0.1) is 12.7 Å². The summed E-state index contributed by atoms with van der Waals surface area (Å²) in [6.45, 7) is 1.96. The molecule has 0 radical (unpaired) electrons. The Labute approximate surface area is 196 Å². The number of hydrogen-bond acceptors (Lipinski definition) is 6. The van der Waals surface area contributed by atoms with E-state index in [0.717, 1.165) is 16.6 Å². The monoisotopic (exact) mass is 453 g/mol. The minimum Gasteiger partial charge on any atom is -0.507 e. The highest BCUT2D eigenvalue weighted by Crippen LogP contribution is 2.25. The summed E-state index contributed by atoms with van der Waals surface area (Å²) in [7, 11) is 1.51. The normalized spacial score (nSPS) is 10.4. The molecule has 0 spiro atoms. The number of benzene rings is 4. The van der Waals surface area contributed by atoms with E-state index >= 15 is 0 Å². The molecule has 0 atom stereocenters. The number of aromatic hydroxyl groups is 2. The molecule has 0 saturated heterocycles. The van der Waals surface area contributed by atoms with Gasteiger partial charge in [-0.05, 0) is 48.9 Å². The number of ketones is 1. The van der Waals surface area contributed by atoms with Crippen molar-refractivity contribution in [2.75, 3.05) is 7.11 Å². The Bertz CT molecular complexity index is 1410. The first-order valence-electron chi connectivity index (χ1n) is 10.5. The van der Waals surface area contributed by atoms with E-state index < -0.39 is 0 Å². The number of rotatable bonds is 4. The number of phenols is 2. The second-order valence-corrected chi connectivity index (χ2v) is 7.55. The summed E-state index contributed by atoms with van der Waals surface area (Å²) >= 11 is 0. The number of methoxy groups -OCH3 is 1. The first kappa shape index (κ1) is 22.5. The fourth-order valence-corrected chi connectivity index (χ4v) is 3.34. The van der Waals surface area contributed by atoms with Crippen molar-refractivity contribution >= 4 is 16.8 Å². The minimum atomic E-state index is -0.203. The molecule has 5 aromatic rings. The molecule has 2 N–H and O–H groups in total. The van der Waals surface area contributed by atoms with Gasteiger partial charge in [-0.25, -0.2) is 0 Å². The Hall–Kier alpha value is -4.65. The van der Waals surface area contributed by atoms with Crippen LogP contribution >= 0.6 is 0 Å². The molecule has 0 aliphatic rings. The van der Waals surface area contributed by atoms with E-state index in [4.69, 9.17) is 4.74 Å². The summed E-state index contributed by atoms with van der Waals surface area (Å²) in [4.78, 5) is 13.5. The van der Waals surface area contributed by atoms with Crippen LogP contribution in [0.2, 0.25) is 0 Å². The lowest BCUT2D eigenvalue weighted by molar-refractivity contribution is 0.103. The van der Waals surface area contributed by atoms with Crippen LogP contribution < -0.4 is 4.74 Å². The zero-order valence-electron chi connectivity index (χ0n) is 18.7. The lowest BCUT2D eigenvalue weighted by atomic mass is 10.0. The van der Waals surface area contributed by atoms with Crippen LogP contribution in [0.4, 0.5) is 0 Å². The number of ether oxygens (including phenoxy) is 1. The van der Waals surface area contributed by atoms with Gasteiger partial charge in [0.15, 0.2) is 5.78 Å². The predicted octanol–water partition coefficient (Wildman–Crippen LogP) is 5.07. The predicted molar refractivity (Wildman–Crippen MR) is 130 cm³/mol. The molecule has 7 nitrogen and oxygen atoms in total. The van der Waals surface area contributed by atoms with E-state index in [-0.39, 0.29) is 22.8 Å². The van der Waals surface area contributed by atoms with E-state index in [0.29, 0.717) is 17.0 Å². The van der Waals surface area contributed by atoms with Crippen molar-refractivity contribution in [2.45, 2.75) is 6.92 Å². The van der Waals surface area contributed by atoms with E-state index in [1.165, 1.54) is 18.0 Å². The van der Waals surface area contributed by atoms with Crippen molar-refractivity contribution in [2.24, 2.45) is 0 Å². The number of aromatic nitrogens is 3. The van der Waals surface area contributed by atoms with E-state index in [1.54, 1.807) is 42.5 Å². The van der Waals surface area contributed by atoms with Crippen molar-refractivity contribution in [3.63, 3.8) is 0 Å². The largest absolute Gasteiger partial charge is 0.507 e. The van der Waals surface area contributed by atoms with Crippen molar-refractivity contribution < 1.29 is 19.7 Å². The van der Waals surface area contributed by atoms with Gasteiger partial charge in [-0.15, -0.1) is 15.0 Å². The van der Waals surface area contributed by atoms with Crippen molar-refractivity contribution in [3.05, 3.63) is 108 Å². The summed E-state index contributed by atoms with van der Waals surface area (Å²) in [6.07, 6.45) is 0. The van der Waals surface area contributed by atoms with Crippen molar-refractivity contribution in [3.8, 4) is 22.9 Å². The topological polar surface area (TPSA) is 97.5 Å². The summed E-state index contributed by atoms with van der Waals surface area (Å²) in [5, 5.41) is 28.2. The maximum absolute atomic E-state index is 12.1. The molecule has 1 aromatic heterocycles. The van der Waals surface area contributed by atoms with Gasteiger partial charge < -0.3 is 14.9 Å². The fraction of sp³-hybridized carbons (Fsp3) is 0.0741. The number of hydrogen-bond donors (Lipinski definition) is 2. The quantitative estimate of drug-likeness (QED) is 0.369. The minimum absolute atomic E-state index is 0.0711. The molecule has 0 fully saturated rings. The average Bonchev–Trinajstić information content (AvgIpc) is 3.30. The van der Waals surface area contributed by atoms with Crippen LogP contribution in [0.5, 0.6) is 17.2 Å². The standard InChI is InChI=1S/C14H12O3.C13H11N3O/c1-17-11-7-8-12(13(15)9-11)14(16)10-5-3-2-4-6-10;1-9-6-7-13(17)12(8-9)16-14-10-4-2-3-5-11(10)15-16/h2-9,15H,1H3;2-8,17H,1H3. The third-order valence-electron chi connectivity index (χ3n) is 5.12. The van der Waals surface area contributed by atoms with Crippen LogP contribution in [0.15, 0.2) is 91.0 Å². The lowest BCUT2D eigenvalue weighted by Crippen LogP contribution is -2.01. The molecule has 34 heavy (non-hydrogen) atoms. The molecule has 7 heteroatoms. The summed E-state index contributed by atoms with van der Waals surface area (Å²) in [5.41, 5.74) is 4.10. The highest BCUT2D eigenvalue weighted by Gasteiger charge is 2.13. The van der Waals surface area contributed by atoms with Crippen LogP contribution in [-0.4, -0.2) is 38.1 Å². The van der Waals surface area contributed by atoms with E-state index in [2.05, 4.69) is 10.2 Å². The zero-order chi connectivity index (χ0) is 24.1. The van der Waals surface area contributed by atoms with E-state index in [9.17, 15) is 15.0 Å². The maximum Gasteiger partial charge on any atom is 0.196 e. The molecule has 0 aliphatic heterocycles. The van der Waals surface area contributed by atoms with Crippen molar-refractivity contribution in [1.29, 1.82) is 0 Å². The third kappa shape index (κ3) is 4.88. The van der Waals surface area contributed by atoms with Gasteiger partial charge in [-0.3, -0.25) is 4.79 Å². The number of phenolic OH excluding ortho intramolecular Hbond substituents is 2. The van der Waals surface area contributed by atoms with E-state index in [1.807, 2.05) is 49.4 Å². The highest BCUT2D eigenvalue weighted by molar-refractivity contribution is 6.10. The lowest BCUT2D eigenvalue weighted by Gasteiger charge is -2.06. The Kier molecular flexibility index (Phi) is 6.54. The summed E-state index contributed by atoms with van der Waals surface area (Å²) in [6, 6.07) is 26.4. The van der Waals surface area contributed by atoms with Gasteiger partial charge in [0, 0.05) is 11.6 Å². The molecule has 0 amide bonds. The Morgan fingerprint density at radius 1 is 0.794 bits per heavy atom.